The molecule has 0 bridgehead atoms. The normalized spacial score (nSPS) is 14.0. The van der Waals surface area contributed by atoms with Crippen molar-refractivity contribution in [3.63, 3.8) is 0 Å². The number of furan rings is 1. The van der Waals surface area contributed by atoms with Gasteiger partial charge < -0.3 is 4.42 Å². The second-order valence-corrected chi connectivity index (χ2v) is 4.90. The summed E-state index contributed by atoms with van der Waals surface area (Å²) in [5, 5.41) is 1.15. The van der Waals surface area contributed by atoms with Crippen molar-refractivity contribution in [3.8, 4) is 11.3 Å². The lowest BCUT2D eigenvalue weighted by Crippen LogP contribution is -2.33. The zero-order chi connectivity index (χ0) is 13.9. The van der Waals surface area contributed by atoms with Crippen LogP contribution in [0.2, 0.25) is 10.0 Å². The lowest BCUT2D eigenvalue weighted by atomic mass is 10.2. The summed E-state index contributed by atoms with van der Waals surface area (Å²) in [6, 6.07) is 9.00. The Morgan fingerprint density at radius 3 is 2.60 bits per heavy atom. The van der Waals surface area contributed by atoms with Crippen LogP contribution in [0.4, 0.5) is 0 Å². The first-order valence-corrected chi connectivity index (χ1v) is 6.58. The summed E-state index contributed by atoms with van der Waals surface area (Å²) in [4.78, 5) is 4.26. The van der Waals surface area contributed by atoms with E-state index in [1.165, 1.54) is 0 Å². The van der Waals surface area contributed by atoms with Crippen molar-refractivity contribution < 1.29 is 4.42 Å². The van der Waals surface area contributed by atoms with Gasteiger partial charge >= 0.3 is 0 Å². The molecule has 0 spiro atoms. The molecule has 1 aliphatic heterocycles. The number of halogens is 2. The maximum absolute atomic E-state index is 6.15. The van der Waals surface area contributed by atoms with Gasteiger partial charge in [0.05, 0.1) is 5.02 Å². The van der Waals surface area contributed by atoms with E-state index < -0.39 is 0 Å². The molecule has 2 heterocycles. The van der Waals surface area contributed by atoms with Gasteiger partial charge in [-0.15, -0.1) is 0 Å². The average molecular weight is 312 g/mol. The lowest BCUT2D eigenvalue weighted by Gasteiger charge is -2.01. The van der Waals surface area contributed by atoms with Gasteiger partial charge in [-0.25, -0.2) is 4.99 Å². The predicted molar refractivity (Wildman–Crippen MR) is 77.8 cm³/mol. The highest BCUT2D eigenvalue weighted by atomic mass is 35.5. The molecule has 0 unspecified atom stereocenters. The van der Waals surface area contributed by atoms with E-state index >= 15 is 0 Å². The zero-order valence-corrected chi connectivity index (χ0v) is 11.7. The van der Waals surface area contributed by atoms with E-state index in [9.17, 15) is 0 Å². The van der Waals surface area contributed by atoms with Crippen LogP contribution in [0.25, 0.3) is 11.3 Å². The maximum atomic E-state index is 6.15. The van der Waals surface area contributed by atoms with Crippen LogP contribution >= 0.6 is 23.2 Å². The molecule has 2 aromatic rings. The highest BCUT2D eigenvalue weighted by Crippen LogP contribution is 2.31. The Kier molecular flexibility index (Phi) is 3.79. The standard InChI is InChI=1S/C12H11Cl2N5O/c13-7-1-3-9(10(14)5-7)11-4-2-8(20-11)6-15-12-16-18-19-17-12/h1-5,18-19H,6H2,(H2,15,16,17). The molecule has 1 fully saturated rings. The molecule has 104 valence electrons. The Bertz CT molecular complexity index is 647. The number of guanidine groups is 1. The molecule has 1 saturated heterocycles. The Morgan fingerprint density at radius 1 is 1.05 bits per heavy atom. The first-order chi connectivity index (χ1) is 9.72. The topological polar surface area (TPSA) is 73.6 Å². The summed E-state index contributed by atoms with van der Waals surface area (Å²) >= 11 is 12.0. The van der Waals surface area contributed by atoms with Gasteiger partial charge in [-0.2, -0.15) is 11.1 Å². The highest BCUT2D eigenvalue weighted by molar-refractivity contribution is 6.36. The minimum absolute atomic E-state index is 0.407. The first kappa shape index (κ1) is 13.3. The quantitative estimate of drug-likeness (QED) is 0.699. The highest BCUT2D eigenvalue weighted by Gasteiger charge is 2.10. The van der Waals surface area contributed by atoms with Gasteiger partial charge in [-0.05, 0) is 30.3 Å². The second-order valence-electron chi connectivity index (χ2n) is 4.05. The van der Waals surface area contributed by atoms with E-state index in [1.807, 2.05) is 18.2 Å². The molecule has 1 aromatic heterocycles. The van der Waals surface area contributed by atoms with E-state index in [4.69, 9.17) is 27.6 Å². The number of hydrazine groups is 3. The van der Waals surface area contributed by atoms with Crippen molar-refractivity contribution in [1.29, 1.82) is 0 Å². The van der Waals surface area contributed by atoms with E-state index in [-0.39, 0.29) is 0 Å². The van der Waals surface area contributed by atoms with Gasteiger partial charge in [0, 0.05) is 10.6 Å². The summed E-state index contributed by atoms with van der Waals surface area (Å²) < 4.78 is 5.72. The molecular weight excluding hydrogens is 301 g/mol. The SMILES string of the molecule is Clc1ccc(-c2ccc(CN=C3NNNN3)o2)c(Cl)c1. The first-order valence-electron chi connectivity index (χ1n) is 5.83. The summed E-state index contributed by atoms with van der Waals surface area (Å²) in [6.07, 6.45) is 0. The van der Waals surface area contributed by atoms with Gasteiger partial charge in [0.1, 0.15) is 18.1 Å². The minimum atomic E-state index is 0.407. The van der Waals surface area contributed by atoms with Crippen LogP contribution in [-0.4, -0.2) is 5.96 Å². The molecule has 0 amide bonds. The number of hydrogen-bond acceptors (Lipinski definition) is 4. The Balaban J connectivity index is 1.77. The molecule has 4 N–H and O–H groups in total. The number of nitrogens with zero attached hydrogens (tertiary/aromatic N) is 1. The Morgan fingerprint density at radius 2 is 1.85 bits per heavy atom. The predicted octanol–water partition coefficient (Wildman–Crippen LogP) is 2.23. The van der Waals surface area contributed by atoms with Crippen molar-refractivity contribution in [3.05, 3.63) is 46.1 Å². The van der Waals surface area contributed by atoms with E-state index in [0.717, 1.165) is 11.3 Å². The molecule has 0 saturated carbocycles. The number of rotatable bonds is 3. The summed E-state index contributed by atoms with van der Waals surface area (Å²) in [7, 11) is 0. The van der Waals surface area contributed by atoms with Gasteiger partial charge in [-0.3, -0.25) is 10.9 Å². The third-order valence-corrected chi connectivity index (χ3v) is 3.22. The van der Waals surface area contributed by atoms with Gasteiger partial charge in [0.25, 0.3) is 0 Å². The van der Waals surface area contributed by atoms with Crippen LogP contribution in [0.3, 0.4) is 0 Å². The largest absolute Gasteiger partial charge is 0.459 e. The van der Waals surface area contributed by atoms with Gasteiger partial charge in [0.2, 0.25) is 5.96 Å². The van der Waals surface area contributed by atoms with E-state index in [1.54, 1.807) is 12.1 Å². The third-order valence-electron chi connectivity index (χ3n) is 2.68. The van der Waals surface area contributed by atoms with Crippen LogP contribution in [0, 0.1) is 0 Å². The van der Waals surface area contributed by atoms with Crippen molar-refractivity contribution in [2.24, 2.45) is 4.99 Å². The molecular formula is C12H11Cl2N5O. The van der Waals surface area contributed by atoms with Gasteiger partial charge in [-0.1, -0.05) is 23.2 Å². The number of aliphatic imine (C=N–C) groups is 1. The van der Waals surface area contributed by atoms with E-state index in [0.29, 0.717) is 28.3 Å². The van der Waals surface area contributed by atoms with Crippen molar-refractivity contribution in [2.75, 3.05) is 0 Å². The van der Waals surface area contributed by atoms with Gasteiger partial charge in [0.15, 0.2) is 0 Å². The van der Waals surface area contributed by atoms with Crippen LogP contribution in [0.5, 0.6) is 0 Å². The van der Waals surface area contributed by atoms with Crippen LogP contribution in [0.15, 0.2) is 39.7 Å². The minimum Gasteiger partial charge on any atom is -0.459 e. The Hall–Kier alpha value is -1.73. The number of benzene rings is 1. The molecule has 1 aliphatic rings. The fourth-order valence-electron chi connectivity index (χ4n) is 1.75. The smallest absolute Gasteiger partial charge is 0.223 e. The molecule has 20 heavy (non-hydrogen) atoms. The molecule has 0 aliphatic carbocycles. The average Bonchev–Trinajstić information content (AvgIpc) is 3.07. The molecule has 8 heteroatoms. The van der Waals surface area contributed by atoms with Crippen LogP contribution < -0.4 is 21.9 Å². The molecule has 0 radical (unpaired) electrons. The number of hydrogen-bond donors (Lipinski definition) is 4. The fraction of sp³-hybridized carbons (Fsp3) is 0.0833. The van der Waals surface area contributed by atoms with Crippen molar-refractivity contribution in [2.45, 2.75) is 6.54 Å². The van der Waals surface area contributed by atoms with E-state index in [2.05, 4.69) is 26.9 Å². The molecule has 0 atom stereocenters. The lowest BCUT2D eigenvalue weighted by molar-refractivity contribution is 0.525. The molecule has 6 nitrogen and oxygen atoms in total. The maximum Gasteiger partial charge on any atom is 0.223 e. The Labute approximate surface area is 125 Å². The van der Waals surface area contributed by atoms with Crippen LogP contribution in [0.1, 0.15) is 5.76 Å². The fourth-order valence-corrected chi connectivity index (χ4v) is 2.25. The molecule has 3 rings (SSSR count). The monoisotopic (exact) mass is 311 g/mol. The second kappa shape index (κ2) is 5.72. The molecule has 1 aromatic carbocycles. The number of nitrogens with one attached hydrogen (secondary N) is 4. The summed E-state index contributed by atoms with van der Waals surface area (Å²) in [5.74, 6) is 2.01. The zero-order valence-electron chi connectivity index (χ0n) is 10.2. The van der Waals surface area contributed by atoms with Crippen molar-refractivity contribution in [1.82, 2.24) is 21.9 Å². The third kappa shape index (κ3) is 2.88. The van der Waals surface area contributed by atoms with Crippen LogP contribution in [-0.2, 0) is 6.54 Å². The summed E-state index contributed by atoms with van der Waals surface area (Å²) in [6.45, 7) is 0.407. The summed E-state index contributed by atoms with van der Waals surface area (Å²) in [5.41, 5.74) is 11.7. The van der Waals surface area contributed by atoms with Crippen molar-refractivity contribution >= 4 is 29.2 Å².